The van der Waals surface area contributed by atoms with Crippen molar-refractivity contribution in [3.8, 4) is 5.75 Å². The maximum atomic E-state index is 13.4. The van der Waals surface area contributed by atoms with Crippen molar-refractivity contribution < 1.29 is 14.3 Å². The van der Waals surface area contributed by atoms with Crippen LogP contribution in [0.5, 0.6) is 5.75 Å². The van der Waals surface area contributed by atoms with Gasteiger partial charge < -0.3 is 15.0 Å². The first-order valence-corrected chi connectivity index (χ1v) is 10.4. The largest absolute Gasteiger partial charge is 0.497 e. The fourth-order valence-corrected chi connectivity index (χ4v) is 4.05. The molecule has 5 heteroatoms. The maximum absolute atomic E-state index is 13.4. The van der Waals surface area contributed by atoms with Crippen molar-refractivity contribution in [3.63, 3.8) is 0 Å². The Morgan fingerprint density at radius 2 is 1.65 bits per heavy atom. The minimum Gasteiger partial charge on any atom is -0.497 e. The highest BCUT2D eigenvalue weighted by molar-refractivity contribution is 6.02. The lowest BCUT2D eigenvalue weighted by Gasteiger charge is -2.44. The number of amides is 2. The first-order valence-electron chi connectivity index (χ1n) is 10.4. The molecule has 0 bridgehead atoms. The molecule has 0 radical (unpaired) electrons. The molecule has 0 aliphatic carbocycles. The van der Waals surface area contributed by atoms with Crippen molar-refractivity contribution in [1.29, 1.82) is 0 Å². The highest BCUT2D eigenvalue weighted by atomic mass is 16.5. The van der Waals surface area contributed by atoms with E-state index in [1.807, 2.05) is 85.8 Å². The van der Waals surface area contributed by atoms with E-state index >= 15 is 0 Å². The van der Waals surface area contributed by atoms with Gasteiger partial charge in [0.1, 0.15) is 11.3 Å². The molecule has 1 aliphatic rings. The van der Waals surface area contributed by atoms with Crippen molar-refractivity contribution in [3.05, 3.63) is 101 Å². The average molecular weight is 415 g/mol. The molecule has 3 aromatic rings. The van der Waals surface area contributed by atoms with Crippen LogP contribution in [0.3, 0.4) is 0 Å². The van der Waals surface area contributed by atoms with E-state index in [9.17, 15) is 9.59 Å². The molecule has 3 aromatic carbocycles. The predicted octanol–water partition coefficient (Wildman–Crippen LogP) is 3.97. The molecule has 1 aliphatic heterocycles. The van der Waals surface area contributed by atoms with Crippen LogP contribution in [0.1, 0.15) is 34.0 Å². The Bertz CT molecular complexity index is 1080. The molecular formula is C26H26N2O3. The average Bonchev–Trinajstić information content (AvgIpc) is 2.81. The molecule has 0 unspecified atom stereocenters. The van der Waals surface area contributed by atoms with Crippen LogP contribution in [-0.2, 0) is 24.3 Å². The van der Waals surface area contributed by atoms with Crippen LogP contribution in [0.15, 0.2) is 78.9 Å². The zero-order valence-electron chi connectivity index (χ0n) is 17.8. The molecule has 0 saturated heterocycles. The van der Waals surface area contributed by atoms with Gasteiger partial charge in [-0.05, 0) is 41.8 Å². The van der Waals surface area contributed by atoms with E-state index in [-0.39, 0.29) is 11.8 Å². The first-order chi connectivity index (χ1) is 15.0. The first kappa shape index (κ1) is 20.7. The second-order valence-corrected chi connectivity index (χ2v) is 8.02. The van der Waals surface area contributed by atoms with Gasteiger partial charge in [-0.1, -0.05) is 60.7 Å². The lowest BCUT2D eigenvalue weighted by molar-refractivity contribution is -0.132. The van der Waals surface area contributed by atoms with E-state index in [1.165, 1.54) is 0 Å². The number of carbonyl (C=O) groups is 2. The minimum atomic E-state index is -0.992. The van der Waals surface area contributed by atoms with Crippen molar-refractivity contribution in [2.75, 3.05) is 7.11 Å². The molecule has 2 amide bonds. The Balaban J connectivity index is 1.60. The molecule has 0 spiro atoms. The number of methoxy groups -OCH3 is 1. The van der Waals surface area contributed by atoms with E-state index in [0.29, 0.717) is 25.1 Å². The summed E-state index contributed by atoms with van der Waals surface area (Å²) < 4.78 is 5.19. The van der Waals surface area contributed by atoms with Gasteiger partial charge in [-0.2, -0.15) is 0 Å². The SMILES string of the molecule is COc1ccc(CNC(=O)[C@@]2(C)Cc3ccccc3C(=O)N2Cc2ccccc2)cc1. The highest BCUT2D eigenvalue weighted by Crippen LogP contribution is 2.32. The highest BCUT2D eigenvalue weighted by Gasteiger charge is 2.46. The smallest absolute Gasteiger partial charge is 0.255 e. The van der Waals surface area contributed by atoms with E-state index in [1.54, 1.807) is 12.0 Å². The van der Waals surface area contributed by atoms with E-state index in [2.05, 4.69) is 5.32 Å². The number of fused-ring (bicyclic) bond motifs is 1. The van der Waals surface area contributed by atoms with Crippen LogP contribution in [-0.4, -0.2) is 29.4 Å². The fourth-order valence-electron chi connectivity index (χ4n) is 4.05. The van der Waals surface area contributed by atoms with Gasteiger partial charge in [0, 0.05) is 25.1 Å². The molecule has 1 N–H and O–H groups in total. The van der Waals surface area contributed by atoms with Crippen molar-refractivity contribution in [1.82, 2.24) is 10.2 Å². The zero-order valence-corrected chi connectivity index (χ0v) is 17.8. The zero-order chi connectivity index (χ0) is 21.8. The predicted molar refractivity (Wildman–Crippen MR) is 120 cm³/mol. The number of carbonyl (C=O) groups excluding carboxylic acids is 2. The lowest BCUT2D eigenvalue weighted by atomic mass is 9.82. The van der Waals surface area contributed by atoms with E-state index < -0.39 is 5.54 Å². The number of hydrogen-bond donors (Lipinski definition) is 1. The van der Waals surface area contributed by atoms with Crippen molar-refractivity contribution >= 4 is 11.8 Å². The summed E-state index contributed by atoms with van der Waals surface area (Å²) in [4.78, 5) is 28.6. The van der Waals surface area contributed by atoms with Gasteiger partial charge in [0.2, 0.25) is 5.91 Å². The molecule has 1 heterocycles. The monoisotopic (exact) mass is 414 g/mol. The Hall–Kier alpha value is -3.60. The Labute approximate surface area is 182 Å². The van der Waals surface area contributed by atoms with Crippen LogP contribution in [0.2, 0.25) is 0 Å². The Morgan fingerprint density at radius 1 is 0.968 bits per heavy atom. The molecule has 0 aromatic heterocycles. The summed E-state index contributed by atoms with van der Waals surface area (Å²) in [7, 11) is 1.62. The third kappa shape index (κ3) is 4.17. The third-order valence-corrected chi connectivity index (χ3v) is 5.91. The second kappa shape index (κ2) is 8.64. The number of rotatable bonds is 6. The summed E-state index contributed by atoms with van der Waals surface area (Å²) in [6.07, 6.45) is 0.468. The van der Waals surface area contributed by atoms with Crippen molar-refractivity contribution in [2.45, 2.75) is 32.0 Å². The van der Waals surface area contributed by atoms with Gasteiger partial charge in [0.15, 0.2) is 0 Å². The molecule has 31 heavy (non-hydrogen) atoms. The van der Waals surface area contributed by atoms with Crippen LogP contribution >= 0.6 is 0 Å². The summed E-state index contributed by atoms with van der Waals surface area (Å²) in [5, 5.41) is 3.04. The second-order valence-electron chi connectivity index (χ2n) is 8.02. The number of benzene rings is 3. The summed E-state index contributed by atoms with van der Waals surface area (Å²) in [6.45, 7) is 2.61. The molecule has 1 atom stereocenters. The number of nitrogens with one attached hydrogen (secondary N) is 1. The van der Waals surface area contributed by atoms with Crippen LogP contribution in [0.4, 0.5) is 0 Å². The molecule has 158 valence electrons. The maximum Gasteiger partial charge on any atom is 0.255 e. The molecule has 4 rings (SSSR count). The van der Waals surface area contributed by atoms with Gasteiger partial charge >= 0.3 is 0 Å². The summed E-state index contributed by atoms with van der Waals surface area (Å²) >= 11 is 0. The van der Waals surface area contributed by atoms with Crippen molar-refractivity contribution in [2.24, 2.45) is 0 Å². The fraction of sp³-hybridized carbons (Fsp3) is 0.231. The number of nitrogens with zero attached hydrogens (tertiary/aromatic N) is 1. The third-order valence-electron chi connectivity index (χ3n) is 5.91. The number of hydrogen-bond acceptors (Lipinski definition) is 3. The van der Waals surface area contributed by atoms with Gasteiger partial charge in [0.05, 0.1) is 7.11 Å². The van der Waals surface area contributed by atoms with Gasteiger partial charge in [-0.25, -0.2) is 0 Å². The number of ether oxygens (including phenoxy) is 1. The topological polar surface area (TPSA) is 58.6 Å². The Morgan fingerprint density at radius 3 is 2.35 bits per heavy atom. The molecule has 0 fully saturated rings. The standard InChI is InChI=1S/C26H26N2O3/c1-26(25(30)27-17-19-12-14-22(31-2)15-13-19)16-21-10-6-7-11-23(21)24(29)28(26)18-20-8-4-3-5-9-20/h3-15H,16-18H2,1-2H3,(H,27,30)/t26-/m1/s1. The van der Waals surface area contributed by atoms with Crippen LogP contribution < -0.4 is 10.1 Å². The van der Waals surface area contributed by atoms with Crippen LogP contribution in [0, 0.1) is 0 Å². The Kier molecular flexibility index (Phi) is 5.76. The molecule has 0 saturated carbocycles. The van der Waals surface area contributed by atoms with Crippen LogP contribution in [0.25, 0.3) is 0 Å². The lowest BCUT2D eigenvalue weighted by Crippen LogP contribution is -2.62. The normalized spacial score (nSPS) is 17.7. The summed E-state index contributed by atoms with van der Waals surface area (Å²) in [6, 6.07) is 24.9. The van der Waals surface area contributed by atoms with Gasteiger partial charge in [0.25, 0.3) is 5.91 Å². The summed E-state index contributed by atoms with van der Waals surface area (Å²) in [5.74, 6) is 0.487. The quantitative estimate of drug-likeness (QED) is 0.664. The molecular weight excluding hydrogens is 388 g/mol. The van der Waals surface area contributed by atoms with Gasteiger partial charge in [-0.3, -0.25) is 9.59 Å². The molecule has 5 nitrogen and oxygen atoms in total. The van der Waals surface area contributed by atoms with E-state index in [4.69, 9.17) is 4.74 Å². The van der Waals surface area contributed by atoms with Gasteiger partial charge in [-0.15, -0.1) is 0 Å². The summed E-state index contributed by atoms with van der Waals surface area (Å²) in [5.41, 5.74) is 2.53. The van der Waals surface area contributed by atoms with E-state index in [0.717, 1.165) is 22.4 Å². The minimum absolute atomic E-state index is 0.118.